The Morgan fingerprint density at radius 2 is 1.94 bits per heavy atom. The van der Waals surface area contributed by atoms with E-state index in [-0.39, 0.29) is 5.41 Å². The first-order chi connectivity index (χ1) is 14.9. The van der Waals surface area contributed by atoms with Crippen LogP contribution in [0.2, 0.25) is 5.02 Å². The number of rotatable bonds is 2. The number of hydrogen-bond acceptors (Lipinski definition) is 2. The molecule has 0 spiro atoms. The second-order valence-electron chi connectivity index (χ2n) is 10.1. The summed E-state index contributed by atoms with van der Waals surface area (Å²) < 4.78 is 1.05. The Hall–Kier alpha value is -2.09. The summed E-state index contributed by atoms with van der Waals surface area (Å²) in [5, 5.41) is 22.2. The summed E-state index contributed by atoms with van der Waals surface area (Å²) in [6.45, 7) is 9.70. The summed E-state index contributed by atoms with van der Waals surface area (Å²) >= 11 is 6.60. The summed E-state index contributed by atoms with van der Waals surface area (Å²) in [7, 11) is 0. The Morgan fingerprint density at radius 1 is 1.16 bits per heavy atom. The number of aliphatic hydroxyl groups is 1. The lowest BCUT2D eigenvalue weighted by atomic mass is 9.46. The molecule has 0 amide bonds. The average Bonchev–Trinajstić information content (AvgIpc) is 2.76. The summed E-state index contributed by atoms with van der Waals surface area (Å²) in [6.07, 6.45) is 11.1. The SMILES string of the molecule is [C-]#[N+]c1ccc2c(c1Cl)CCC1C2CC[C@@]2(C)C1CCC[C@]2(O)Cc1cc[n+](O)cc1. The minimum Gasteiger partial charge on any atom is -0.389 e. The number of benzene rings is 1. The van der Waals surface area contributed by atoms with Gasteiger partial charge in [0.05, 0.1) is 17.2 Å². The Labute approximate surface area is 189 Å². The van der Waals surface area contributed by atoms with Crippen molar-refractivity contribution in [3.8, 4) is 0 Å². The minimum atomic E-state index is -0.728. The fourth-order valence-corrected chi connectivity index (χ4v) is 7.53. The molecule has 2 N–H and O–H groups in total. The van der Waals surface area contributed by atoms with Gasteiger partial charge < -0.3 is 5.11 Å². The van der Waals surface area contributed by atoms with Crippen LogP contribution in [0.1, 0.15) is 68.1 Å². The van der Waals surface area contributed by atoms with Crippen molar-refractivity contribution in [1.29, 1.82) is 0 Å². The first kappa shape index (κ1) is 20.8. The van der Waals surface area contributed by atoms with Crippen LogP contribution >= 0.6 is 11.6 Å². The van der Waals surface area contributed by atoms with E-state index in [1.807, 2.05) is 18.2 Å². The highest BCUT2D eigenvalue weighted by Gasteiger charge is 2.59. The van der Waals surface area contributed by atoms with Crippen molar-refractivity contribution in [1.82, 2.24) is 0 Å². The van der Waals surface area contributed by atoms with Crippen molar-refractivity contribution in [2.75, 3.05) is 0 Å². The van der Waals surface area contributed by atoms with Gasteiger partial charge in [-0.15, -0.1) is 0 Å². The number of nitrogens with zero attached hydrogens (tertiary/aromatic N) is 2. The van der Waals surface area contributed by atoms with Crippen LogP contribution in [0.15, 0.2) is 36.7 Å². The summed E-state index contributed by atoms with van der Waals surface area (Å²) in [4.78, 5) is 3.59. The van der Waals surface area contributed by atoms with Gasteiger partial charge in [0.1, 0.15) is 0 Å². The normalized spacial score (nSPS) is 34.2. The van der Waals surface area contributed by atoms with Gasteiger partial charge in [-0.1, -0.05) is 37.1 Å². The van der Waals surface area contributed by atoms with E-state index in [0.29, 0.717) is 34.9 Å². The molecule has 0 saturated heterocycles. The zero-order chi connectivity index (χ0) is 21.8. The van der Waals surface area contributed by atoms with E-state index in [2.05, 4.69) is 17.8 Å². The monoisotopic (exact) mass is 437 g/mol. The molecule has 5 heteroatoms. The first-order valence-electron chi connectivity index (χ1n) is 11.5. The maximum Gasteiger partial charge on any atom is 0.222 e. The molecule has 162 valence electrons. The molecular formula is C26H30ClN2O2+. The van der Waals surface area contributed by atoms with Crippen LogP contribution < -0.4 is 4.73 Å². The van der Waals surface area contributed by atoms with Gasteiger partial charge in [0.15, 0.2) is 0 Å². The minimum absolute atomic E-state index is 0.116. The molecule has 2 fully saturated rings. The summed E-state index contributed by atoms with van der Waals surface area (Å²) in [5.74, 6) is 1.53. The molecule has 5 atom stereocenters. The van der Waals surface area contributed by atoms with Crippen molar-refractivity contribution in [2.24, 2.45) is 17.3 Å². The predicted molar refractivity (Wildman–Crippen MR) is 119 cm³/mol. The topological polar surface area (TPSA) is 48.7 Å². The third-order valence-electron chi connectivity index (χ3n) is 8.88. The van der Waals surface area contributed by atoms with E-state index in [9.17, 15) is 10.3 Å². The molecule has 3 unspecified atom stereocenters. The quantitative estimate of drug-likeness (QED) is 0.363. The molecular weight excluding hydrogens is 408 g/mol. The first-order valence-corrected chi connectivity index (χ1v) is 11.8. The van der Waals surface area contributed by atoms with Gasteiger partial charge in [0.2, 0.25) is 18.1 Å². The Bertz CT molecular complexity index is 1050. The highest BCUT2D eigenvalue weighted by Crippen LogP contribution is 2.63. The standard InChI is InChI=1S/C26H30ClN2O2/c1-25-13-9-19-18-7-8-23(28-2)24(27)21(18)6-5-20(19)22(25)4-3-12-26(25,30)16-17-10-14-29(31)15-11-17/h7-8,10-11,14-15,19-20,22,30-31H,3-6,9,12-13,16H2,1H3/q+1/t19?,20?,22?,25-,26-/m0/s1. The van der Waals surface area contributed by atoms with E-state index in [1.165, 1.54) is 17.5 Å². The molecule has 1 heterocycles. The average molecular weight is 438 g/mol. The zero-order valence-electron chi connectivity index (χ0n) is 18.0. The molecule has 2 aromatic rings. The molecule has 31 heavy (non-hydrogen) atoms. The molecule has 4 nitrogen and oxygen atoms in total. The van der Waals surface area contributed by atoms with E-state index in [0.717, 1.165) is 48.8 Å². The van der Waals surface area contributed by atoms with Gasteiger partial charge in [-0.3, -0.25) is 5.21 Å². The number of hydrogen-bond donors (Lipinski definition) is 2. The van der Waals surface area contributed by atoms with Gasteiger partial charge in [0.25, 0.3) is 0 Å². The van der Waals surface area contributed by atoms with Crippen molar-refractivity contribution in [3.63, 3.8) is 0 Å². The van der Waals surface area contributed by atoms with Crippen molar-refractivity contribution in [2.45, 2.75) is 69.8 Å². The molecule has 1 aromatic carbocycles. The van der Waals surface area contributed by atoms with E-state index >= 15 is 0 Å². The number of pyridine rings is 1. The molecule has 3 aliphatic carbocycles. The van der Waals surface area contributed by atoms with Crippen LogP contribution in [0.25, 0.3) is 4.85 Å². The van der Waals surface area contributed by atoms with Crippen molar-refractivity contribution >= 4 is 17.3 Å². The Morgan fingerprint density at radius 3 is 2.68 bits per heavy atom. The molecule has 2 saturated carbocycles. The van der Waals surface area contributed by atoms with Gasteiger partial charge in [-0.05, 0) is 78.4 Å². The third kappa shape index (κ3) is 3.17. The second-order valence-corrected chi connectivity index (χ2v) is 10.5. The smallest absolute Gasteiger partial charge is 0.222 e. The van der Waals surface area contributed by atoms with Gasteiger partial charge >= 0.3 is 0 Å². The molecule has 1 aromatic heterocycles. The second kappa shape index (κ2) is 7.50. The van der Waals surface area contributed by atoms with E-state index in [4.69, 9.17) is 18.2 Å². The molecule has 0 bridgehead atoms. The molecule has 0 aliphatic heterocycles. The van der Waals surface area contributed by atoms with Gasteiger partial charge in [-0.25, -0.2) is 4.85 Å². The fraction of sp³-hybridized carbons (Fsp3) is 0.538. The summed E-state index contributed by atoms with van der Waals surface area (Å²) in [6, 6.07) is 7.86. The Kier molecular flexibility index (Phi) is 5.03. The van der Waals surface area contributed by atoms with Crippen molar-refractivity contribution < 1.29 is 15.0 Å². The largest absolute Gasteiger partial charge is 0.389 e. The number of fused-ring (bicyclic) bond motifs is 5. The van der Waals surface area contributed by atoms with Crippen LogP contribution in [0.3, 0.4) is 0 Å². The molecule has 3 aliphatic rings. The van der Waals surface area contributed by atoms with Crippen LogP contribution in [0.5, 0.6) is 0 Å². The fourth-order valence-electron chi connectivity index (χ4n) is 7.22. The van der Waals surface area contributed by atoms with E-state index < -0.39 is 5.60 Å². The maximum absolute atomic E-state index is 12.0. The predicted octanol–water partition coefficient (Wildman–Crippen LogP) is 5.64. The number of aromatic nitrogens is 1. The van der Waals surface area contributed by atoms with Crippen LogP contribution in [0.4, 0.5) is 5.69 Å². The lowest BCUT2D eigenvalue weighted by Gasteiger charge is -2.61. The van der Waals surface area contributed by atoms with Gasteiger partial charge in [0, 0.05) is 23.3 Å². The zero-order valence-corrected chi connectivity index (χ0v) is 18.8. The molecule has 5 rings (SSSR count). The molecule has 0 radical (unpaired) electrons. The Balaban J connectivity index is 1.47. The lowest BCUT2D eigenvalue weighted by Crippen LogP contribution is -2.59. The highest BCUT2D eigenvalue weighted by atomic mass is 35.5. The van der Waals surface area contributed by atoms with E-state index in [1.54, 1.807) is 12.4 Å². The summed E-state index contributed by atoms with van der Waals surface area (Å²) in [5.41, 5.74) is 3.33. The number of halogens is 1. The third-order valence-corrected chi connectivity index (χ3v) is 9.30. The van der Waals surface area contributed by atoms with Crippen LogP contribution in [-0.2, 0) is 12.8 Å². The van der Waals surface area contributed by atoms with Crippen molar-refractivity contribution in [3.05, 3.63) is 69.8 Å². The lowest BCUT2D eigenvalue weighted by molar-refractivity contribution is -0.904. The maximum atomic E-state index is 12.0. The highest BCUT2D eigenvalue weighted by molar-refractivity contribution is 6.34. The van der Waals surface area contributed by atoms with Crippen LogP contribution in [0, 0.1) is 23.8 Å². The van der Waals surface area contributed by atoms with Gasteiger partial charge in [-0.2, -0.15) is 0 Å². The van der Waals surface area contributed by atoms with Crippen LogP contribution in [-0.4, -0.2) is 15.9 Å².